The third-order valence-electron chi connectivity index (χ3n) is 2.98. The predicted molar refractivity (Wildman–Crippen MR) is 147 cm³/mol. The highest BCUT2D eigenvalue weighted by Crippen LogP contribution is 2.02. The molecule has 0 aromatic rings. The van der Waals surface area contributed by atoms with Crippen molar-refractivity contribution in [2.24, 2.45) is 0 Å². The molecule has 1 unspecified atom stereocenters. The number of rotatable bonds is 10. The van der Waals surface area contributed by atoms with Crippen molar-refractivity contribution >= 4 is 29.8 Å². The van der Waals surface area contributed by atoms with Gasteiger partial charge in [0.25, 0.3) is 5.97 Å². The van der Waals surface area contributed by atoms with Crippen molar-refractivity contribution < 1.29 is 75.0 Å². The van der Waals surface area contributed by atoms with Crippen LogP contribution < -0.4 is 0 Å². The second-order valence-corrected chi connectivity index (χ2v) is 7.61. The van der Waals surface area contributed by atoms with Crippen molar-refractivity contribution in [3.63, 3.8) is 0 Å². The molecule has 0 heterocycles. The number of ketones is 2. The molecule has 244 valence electrons. The molecule has 0 spiro atoms. The molecular weight excluding hydrogens is 540 g/mol. The highest BCUT2D eigenvalue weighted by atomic mass is 16.4. The molecule has 10 N–H and O–H groups in total. The number of Topliss-reactive ketones (excluding diaryl/α,β-unsaturated/α-hetero) is 2. The number of carboxylic acid groups (broad SMARTS) is 2. The van der Waals surface area contributed by atoms with E-state index in [1.165, 1.54) is 27.7 Å². The van der Waals surface area contributed by atoms with Crippen molar-refractivity contribution in [3.05, 3.63) is 0 Å². The summed E-state index contributed by atoms with van der Waals surface area (Å²) in [5.41, 5.74) is 0. The Morgan fingerprint density at radius 1 is 0.750 bits per heavy atom. The maximum absolute atomic E-state index is 9.90. The minimum atomic E-state index is -1.79. The van der Waals surface area contributed by atoms with Crippen molar-refractivity contribution in [1.82, 2.24) is 0 Å². The fraction of sp³-hybridized carbons (Fsp3) is 0.800. The van der Waals surface area contributed by atoms with Crippen LogP contribution in [-0.4, -0.2) is 131 Å². The van der Waals surface area contributed by atoms with Gasteiger partial charge in [0.2, 0.25) is 0 Å². The summed E-state index contributed by atoms with van der Waals surface area (Å²) in [5, 5.41) is 82.8. The third-order valence-corrected chi connectivity index (χ3v) is 2.98. The Morgan fingerprint density at radius 2 is 1.07 bits per heavy atom. The molecule has 0 aromatic carbocycles. The van der Waals surface area contributed by atoms with E-state index in [1.54, 1.807) is 6.92 Å². The Bertz CT molecular complexity index is 546. The summed E-state index contributed by atoms with van der Waals surface area (Å²) in [6.07, 6.45) is -4.57. The van der Waals surface area contributed by atoms with Gasteiger partial charge >= 0.3 is 5.97 Å². The Balaban J connectivity index is -0.0000000675. The van der Waals surface area contributed by atoms with E-state index < -0.39 is 49.1 Å². The molecule has 0 radical (unpaired) electrons. The van der Waals surface area contributed by atoms with Crippen LogP contribution in [0.4, 0.5) is 0 Å². The second kappa shape index (κ2) is 43.7. The molecule has 0 aliphatic carbocycles. The molecule has 0 amide bonds. The molecule has 0 fully saturated rings. The van der Waals surface area contributed by atoms with Gasteiger partial charge in [0.15, 0.2) is 12.1 Å². The van der Waals surface area contributed by atoms with Crippen LogP contribution in [-0.2, 0) is 24.0 Å². The van der Waals surface area contributed by atoms with Gasteiger partial charge in [-0.05, 0) is 47.5 Å². The lowest BCUT2D eigenvalue weighted by atomic mass is 10.0. The number of carbonyl (C=O) groups is 5. The lowest BCUT2D eigenvalue weighted by Gasteiger charge is -2.22. The zero-order valence-electron chi connectivity index (χ0n) is 24.9. The zero-order chi connectivity index (χ0) is 33.9. The summed E-state index contributed by atoms with van der Waals surface area (Å²) in [4.78, 5) is 47.8. The van der Waals surface area contributed by atoms with Gasteiger partial charge in [0.1, 0.15) is 36.3 Å². The smallest absolute Gasteiger partial charge is 0.303 e. The van der Waals surface area contributed by atoms with Crippen LogP contribution in [0.2, 0.25) is 0 Å². The fourth-order valence-electron chi connectivity index (χ4n) is 0.990. The van der Waals surface area contributed by atoms with E-state index in [0.29, 0.717) is 13.0 Å². The summed E-state index contributed by atoms with van der Waals surface area (Å²) in [5.74, 6) is -1.56. The predicted octanol–water partition coefficient (Wildman–Crippen LogP) is -1.09. The molecule has 0 aliphatic heterocycles. The number of hydrogen-bond acceptors (Lipinski definition) is 13. The number of aldehydes is 1. The monoisotopic (exact) mass is 594 g/mol. The van der Waals surface area contributed by atoms with Gasteiger partial charge in [0.05, 0.1) is 6.61 Å². The van der Waals surface area contributed by atoms with Gasteiger partial charge in [-0.2, -0.15) is 0 Å². The van der Waals surface area contributed by atoms with E-state index >= 15 is 0 Å². The first-order valence-corrected chi connectivity index (χ1v) is 12.3. The summed E-state index contributed by atoms with van der Waals surface area (Å²) in [6.45, 7) is 12.3. The average molecular weight is 595 g/mol. The summed E-state index contributed by atoms with van der Waals surface area (Å²) < 4.78 is 0. The first kappa shape index (κ1) is 53.8. The number of carboxylic acids is 2. The normalized spacial score (nSPS) is 12.4. The van der Waals surface area contributed by atoms with Gasteiger partial charge in [-0.25, -0.2) is 0 Å². The van der Waals surface area contributed by atoms with Crippen LogP contribution in [0, 0.1) is 0 Å². The molecule has 0 aromatic heterocycles. The highest BCUT2D eigenvalue weighted by molar-refractivity contribution is 5.79. The van der Waals surface area contributed by atoms with Crippen LogP contribution in [0.1, 0.15) is 81.1 Å². The van der Waals surface area contributed by atoms with Gasteiger partial charge in [-0.15, -0.1) is 0 Å². The Kier molecular flexibility index (Phi) is 58.8. The SMILES string of the molecule is CC(=O)C(C)O.CC(=O)O.CC(C)=O.CCCC(=O)O.CCCCO.CCO.O=C[C@H](O)[C@@H](O)[C@H](O)[C@H](O)CO. The molecule has 5 atom stereocenters. The van der Waals surface area contributed by atoms with E-state index in [0.717, 1.165) is 26.2 Å². The lowest BCUT2D eigenvalue weighted by Crippen LogP contribution is -2.46. The fourth-order valence-corrected chi connectivity index (χ4v) is 0.990. The number of unbranched alkanes of at least 4 members (excludes halogenated alkanes) is 1. The minimum Gasteiger partial charge on any atom is -0.481 e. The molecule has 15 nitrogen and oxygen atoms in total. The minimum absolute atomic E-state index is 0.0258. The molecule has 0 bridgehead atoms. The molecule has 0 rings (SSSR count). The van der Waals surface area contributed by atoms with Crippen LogP contribution in [0.15, 0.2) is 0 Å². The van der Waals surface area contributed by atoms with Gasteiger partial charge in [-0.3, -0.25) is 14.4 Å². The summed E-state index contributed by atoms with van der Waals surface area (Å²) >= 11 is 0. The lowest BCUT2D eigenvalue weighted by molar-refractivity contribution is -0.137. The first-order valence-electron chi connectivity index (χ1n) is 12.3. The maximum Gasteiger partial charge on any atom is 0.303 e. The summed E-state index contributed by atoms with van der Waals surface area (Å²) in [6, 6.07) is 0. The number of aliphatic hydroxyl groups excluding tert-OH is 8. The van der Waals surface area contributed by atoms with Gasteiger partial charge in [-0.1, -0.05) is 20.3 Å². The summed E-state index contributed by atoms with van der Waals surface area (Å²) in [7, 11) is 0. The van der Waals surface area contributed by atoms with Crippen LogP contribution in [0.25, 0.3) is 0 Å². The van der Waals surface area contributed by atoms with E-state index in [9.17, 15) is 19.2 Å². The topological polar surface area (TPSA) is 288 Å². The molecule has 40 heavy (non-hydrogen) atoms. The maximum atomic E-state index is 9.90. The quantitative estimate of drug-likeness (QED) is 0.134. The van der Waals surface area contributed by atoms with Crippen molar-refractivity contribution in [1.29, 1.82) is 0 Å². The van der Waals surface area contributed by atoms with Gasteiger partial charge < -0.3 is 60.7 Å². The second-order valence-electron chi connectivity index (χ2n) is 7.61. The van der Waals surface area contributed by atoms with Gasteiger partial charge in [0, 0.05) is 26.6 Å². The Labute approximate surface area is 236 Å². The number of aliphatic hydroxyl groups is 8. The Hall–Kier alpha value is -2.37. The largest absolute Gasteiger partial charge is 0.481 e. The molecule has 15 heteroatoms. The molecule has 0 saturated carbocycles. The standard InChI is InChI=1S/C6H12O6.2C4H8O2.C4H10O.C3H6O.C2H4O2.C2H6O/c7-1-3(9)5(11)6(12)4(10)2-8;1-3(5)4(2)6;1-2-3-4(5)6;1-2-3-4-5;1-3(2)4;1-2(3)4;1-2-3/h1,3-6,8-12H,2H2;3,5H,1-2H3;2-3H2,1H3,(H,5,6);5H,2-4H2,1H3;1-2H3;1H3,(H,3,4);3H,2H2,1H3/t3-,4+,5+,6+;;;;;;/m0....../s1. The van der Waals surface area contributed by atoms with E-state index in [1.807, 2.05) is 6.92 Å². The van der Waals surface area contributed by atoms with E-state index in [4.69, 9.17) is 55.9 Å². The van der Waals surface area contributed by atoms with Crippen LogP contribution in [0.5, 0.6) is 0 Å². The van der Waals surface area contributed by atoms with E-state index in [-0.39, 0.29) is 24.5 Å². The number of hydrogen-bond donors (Lipinski definition) is 10. The third kappa shape index (κ3) is 83.4. The first-order chi connectivity index (χ1) is 18.2. The molecule has 0 saturated heterocycles. The van der Waals surface area contributed by atoms with Crippen molar-refractivity contribution in [3.8, 4) is 0 Å². The number of aliphatic carboxylic acids is 2. The van der Waals surface area contributed by atoms with Crippen molar-refractivity contribution in [2.75, 3.05) is 19.8 Å². The zero-order valence-corrected chi connectivity index (χ0v) is 24.9. The van der Waals surface area contributed by atoms with E-state index in [2.05, 4.69) is 6.92 Å². The highest BCUT2D eigenvalue weighted by Gasteiger charge is 2.29. The average Bonchev–Trinajstić information content (AvgIpc) is 2.83. The molecular formula is C25H54O15. The number of carbonyl (C=O) groups excluding carboxylic acids is 3. The van der Waals surface area contributed by atoms with Crippen LogP contribution in [0.3, 0.4) is 0 Å². The molecule has 0 aliphatic rings. The van der Waals surface area contributed by atoms with Crippen molar-refractivity contribution in [2.45, 2.75) is 112 Å². The van der Waals surface area contributed by atoms with Crippen LogP contribution >= 0.6 is 0 Å². The Morgan fingerprint density at radius 3 is 1.18 bits per heavy atom.